The predicted octanol–water partition coefficient (Wildman–Crippen LogP) is 1.48. The van der Waals surface area contributed by atoms with E-state index in [4.69, 9.17) is 4.74 Å². The van der Waals surface area contributed by atoms with Crippen molar-refractivity contribution in [3.05, 3.63) is 35.4 Å². The summed E-state index contributed by atoms with van der Waals surface area (Å²) in [6, 6.07) is 3.37. The van der Waals surface area contributed by atoms with Gasteiger partial charge in [0, 0.05) is 13.2 Å². The number of amides is 1. The lowest BCUT2D eigenvalue weighted by Gasteiger charge is -2.12. The normalized spacial score (nSPS) is 15.9. The molecule has 1 aromatic rings. The van der Waals surface area contributed by atoms with Crippen LogP contribution >= 0.6 is 0 Å². The molecule has 1 aromatic carbocycles. The Kier molecular flexibility index (Phi) is 5.03. The zero-order valence-electron chi connectivity index (χ0n) is 10.9. The van der Waals surface area contributed by atoms with Gasteiger partial charge < -0.3 is 15.2 Å². The van der Waals surface area contributed by atoms with E-state index in [0.29, 0.717) is 12.5 Å². The van der Waals surface area contributed by atoms with Crippen molar-refractivity contribution in [3.63, 3.8) is 0 Å². The zero-order chi connectivity index (χ0) is 14.5. The molecule has 2 N–H and O–H groups in total. The van der Waals surface area contributed by atoms with Crippen LogP contribution in [-0.2, 0) is 4.74 Å². The lowest BCUT2D eigenvalue weighted by atomic mass is 10.2. The first-order valence-electron chi connectivity index (χ1n) is 6.56. The van der Waals surface area contributed by atoms with Gasteiger partial charge in [0.1, 0.15) is 0 Å². The minimum absolute atomic E-state index is 0.0700. The largest absolute Gasteiger partial charge is 0.389 e. The molecule has 1 amide bonds. The molecule has 1 aliphatic carbocycles. The second-order valence-electron chi connectivity index (χ2n) is 4.95. The molecule has 1 atom stereocenters. The molecule has 110 valence electrons. The van der Waals surface area contributed by atoms with E-state index in [1.807, 2.05) is 0 Å². The molecule has 4 nitrogen and oxygen atoms in total. The number of nitrogens with one attached hydrogen (secondary N) is 1. The van der Waals surface area contributed by atoms with Crippen molar-refractivity contribution in [1.29, 1.82) is 0 Å². The molecule has 0 bridgehead atoms. The molecule has 20 heavy (non-hydrogen) atoms. The number of carbonyl (C=O) groups excluding carboxylic acids is 1. The van der Waals surface area contributed by atoms with Gasteiger partial charge in [-0.05, 0) is 30.9 Å². The second-order valence-corrected chi connectivity index (χ2v) is 4.95. The van der Waals surface area contributed by atoms with Crippen LogP contribution in [0.5, 0.6) is 0 Å². The number of halogens is 2. The van der Waals surface area contributed by atoms with Crippen molar-refractivity contribution < 1.29 is 23.4 Å². The highest BCUT2D eigenvalue weighted by atomic mass is 19.2. The first-order valence-corrected chi connectivity index (χ1v) is 6.56. The third kappa shape index (κ3) is 4.25. The lowest BCUT2D eigenvalue weighted by Crippen LogP contribution is -2.35. The Morgan fingerprint density at radius 3 is 2.90 bits per heavy atom. The monoisotopic (exact) mass is 285 g/mol. The number of aliphatic hydroxyl groups is 1. The molecular formula is C14H17F2NO3. The van der Waals surface area contributed by atoms with Gasteiger partial charge in [0.05, 0.1) is 18.3 Å². The first kappa shape index (κ1) is 14.9. The third-order valence-corrected chi connectivity index (χ3v) is 3.06. The van der Waals surface area contributed by atoms with Crippen LogP contribution in [0.1, 0.15) is 23.2 Å². The zero-order valence-corrected chi connectivity index (χ0v) is 10.9. The number of aliphatic hydroxyl groups excluding tert-OH is 1. The molecule has 0 saturated heterocycles. The average Bonchev–Trinajstić information content (AvgIpc) is 3.23. The molecule has 1 saturated carbocycles. The van der Waals surface area contributed by atoms with Crippen LogP contribution in [0.4, 0.5) is 8.78 Å². The molecule has 1 unspecified atom stereocenters. The van der Waals surface area contributed by atoms with E-state index in [2.05, 4.69) is 5.32 Å². The molecule has 0 aliphatic heterocycles. The number of benzene rings is 1. The number of carbonyl (C=O) groups is 1. The first-order chi connectivity index (χ1) is 9.58. The van der Waals surface area contributed by atoms with Crippen molar-refractivity contribution in [2.24, 2.45) is 5.92 Å². The van der Waals surface area contributed by atoms with E-state index < -0.39 is 23.6 Å². The van der Waals surface area contributed by atoms with Crippen molar-refractivity contribution in [1.82, 2.24) is 5.32 Å². The molecule has 1 fully saturated rings. The second kappa shape index (κ2) is 6.76. The number of hydrogen-bond acceptors (Lipinski definition) is 3. The van der Waals surface area contributed by atoms with E-state index in [1.165, 1.54) is 12.1 Å². The van der Waals surface area contributed by atoms with Crippen LogP contribution in [0.15, 0.2) is 18.2 Å². The molecule has 6 heteroatoms. The highest BCUT2D eigenvalue weighted by Gasteiger charge is 2.22. The Labute approximate surface area is 115 Å². The summed E-state index contributed by atoms with van der Waals surface area (Å²) in [6.45, 7) is 0.658. The Balaban J connectivity index is 1.74. The van der Waals surface area contributed by atoms with Gasteiger partial charge in [-0.25, -0.2) is 8.78 Å². The highest BCUT2D eigenvalue weighted by Crippen LogP contribution is 2.28. The molecule has 0 radical (unpaired) electrons. The Morgan fingerprint density at radius 2 is 2.20 bits per heavy atom. The SMILES string of the molecule is O=C(NCC(O)COCC1CC1)c1cccc(F)c1F. The fraction of sp³-hybridized carbons (Fsp3) is 0.500. The maximum Gasteiger partial charge on any atom is 0.254 e. The quantitative estimate of drug-likeness (QED) is 0.798. The van der Waals surface area contributed by atoms with Crippen LogP contribution in [-0.4, -0.2) is 36.9 Å². The Morgan fingerprint density at radius 1 is 1.45 bits per heavy atom. The van der Waals surface area contributed by atoms with Crippen molar-refractivity contribution in [2.75, 3.05) is 19.8 Å². The molecule has 0 heterocycles. The van der Waals surface area contributed by atoms with Crippen LogP contribution in [0.25, 0.3) is 0 Å². The summed E-state index contributed by atoms with van der Waals surface area (Å²) in [7, 11) is 0. The Bertz CT molecular complexity index is 477. The van der Waals surface area contributed by atoms with E-state index >= 15 is 0 Å². The van der Waals surface area contributed by atoms with Gasteiger partial charge in [0.25, 0.3) is 5.91 Å². The summed E-state index contributed by atoms with van der Waals surface area (Å²) >= 11 is 0. The number of ether oxygens (including phenoxy) is 1. The summed E-state index contributed by atoms with van der Waals surface area (Å²) in [5.74, 6) is -2.43. The minimum Gasteiger partial charge on any atom is -0.389 e. The lowest BCUT2D eigenvalue weighted by molar-refractivity contribution is 0.0320. The van der Waals surface area contributed by atoms with E-state index in [-0.39, 0.29) is 18.7 Å². The predicted molar refractivity (Wildman–Crippen MR) is 68.2 cm³/mol. The van der Waals surface area contributed by atoms with E-state index in [1.54, 1.807) is 0 Å². The van der Waals surface area contributed by atoms with Crippen LogP contribution in [0.2, 0.25) is 0 Å². The molecule has 1 aliphatic rings. The number of rotatable bonds is 7. The summed E-state index contributed by atoms with van der Waals surface area (Å²) in [4.78, 5) is 11.6. The smallest absolute Gasteiger partial charge is 0.254 e. The standard InChI is InChI=1S/C14H17F2NO3/c15-12-3-1-2-11(13(12)16)14(19)17-6-10(18)8-20-7-9-4-5-9/h1-3,9-10,18H,4-8H2,(H,17,19). The van der Waals surface area contributed by atoms with Gasteiger partial charge in [-0.1, -0.05) is 6.07 Å². The summed E-state index contributed by atoms with van der Waals surface area (Å²) < 4.78 is 31.6. The molecule has 2 rings (SSSR count). The van der Waals surface area contributed by atoms with Crippen LogP contribution in [0.3, 0.4) is 0 Å². The fourth-order valence-electron chi connectivity index (χ4n) is 1.70. The summed E-state index contributed by atoms with van der Waals surface area (Å²) in [6.07, 6.45) is 1.45. The van der Waals surface area contributed by atoms with Gasteiger partial charge in [-0.15, -0.1) is 0 Å². The third-order valence-electron chi connectivity index (χ3n) is 3.06. The maximum absolute atomic E-state index is 13.4. The summed E-state index contributed by atoms with van der Waals surface area (Å²) in [5.41, 5.74) is -0.379. The highest BCUT2D eigenvalue weighted by molar-refractivity contribution is 5.94. The topological polar surface area (TPSA) is 58.6 Å². The van der Waals surface area contributed by atoms with Crippen molar-refractivity contribution in [3.8, 4) is 0 Å². The Hall–Kier alpha value is -1.53. The molecule has 0 spiro atoms. The van der Waals surface area contributed by atoms with Crippen molar-refractivity contribution in [2.45, 2.75) is 18.9 Å². The average molecular weight is 285 g/mol. The van der Waals surface area contributed by atoms with E-state index in [9.17, 15) is 18.7 Å². The van der Waals surface area contributed by atoms with Crippen LogP contribution < -0.4 is 5.32 Å². The molecular weight excluding hydrogens is 268 g/mol. The van der Waals surface area contributed by atoms with E-state index in [0.717, 1.165) is 18.9 Å². The number of hydrogen-bond donors (Lipinski definition) is 2. The van der Waals surface area contributed by atoms with Gasteiger partial charge in [0.2, 0.25) is 0 Å². The van der Waals surface area contributed by atoms with Gasteiger partial charge in [-0.3, -0.25) is 4.79 Å². The molecule has 0 aromatic heterocycles. The van der Waals surface area contributed by atoms with Crippen LogP contribution in [0, 0.1) is 17.6 Å². The summed E-state index contributed by atoms with van der Waals surface area (Å²) in [5, 5.41) is 11.9. The fourth-order valence-corrected chi connectivity index (χ4v) is 1.70. The minimum atomic E-state index is -1.19. The van der Waals surface area contributed by atoms with Gasteiger partial charge in [-0.2, -0.15) is 0 Å². The van der Waals surface area contributed by atoms with Gasteiger partial charge in [0.15, 0.2) is 11.6 Å². The maximum atomic E-state index is 13.4. The van der Waals surface area contributed by atoms with Gasteiger partial charge >= 0.3 is 0 Å². The van der Waals surface area contributed by atoms with Crippen molar-refractivity contribution >= 4 is 5.91 Å².